The fraction of sp³-hybridized carbons (Fsp3) is 0. The van der Waals surface area contributed by atoms with Gasteiger partial charge >= 0.3 is 0 Å². The normalized spacial score (nSPS) is 11.6. The molecule has 7 nitrogen and oxygen atoms in total. The first-order valence-electron chi connectivity index (χ1n) is 9.16. The first kappa shape index (κ1) is 18.1. The predicted molar refractivity (Wildman–Crippen MR) is 111 cm³/mol. The number of hydrogen-bond acceptors (Lipinski definition) is 6. The zero-order chi connectivity index (χ0) is 20.6. The molecule has 0 spiro atoms. The van der Waals surface area contributed by atoms with Crippen molar-refractivity contribution in [3.8, 4) is 22.8 Å². The summed E-state index contributed by atoms with van der Waals surface area (Å²) in [6.45, 7) is 0. The molecule has 5 aromatic rings. The average molecular weight is 413 g/mol. The highest BCUT2D eigenvalue weighted by atomic mass is 32.2. The summed E-state index contributed by atoms with van der Waals surface area (Å²) < 4.78 is 28.1. The fourth-order valence-electron chi connectivity index (χ4n) is 3.20. The number of benzene rings is 1. The van der Waals surface area contributed by atoms with Crippen LogP contribution in [0.15, 0.2) is 101 Å². The number of fused-ring (bicyclic) bond motifs is 1. The lowest BCUT2D eigenvalue weighted by Gasteiger charge is -2.09. The molecule has 0 saturated carbocycles. The minimum Gasteiger partial charge on any atom is -0.255 e. The van der Waals surface area contributed by atoms with Crippen LogP contribution in [0.5, 0.6) is 0 Å². The first-order valence-corrected chi connectivity index (χ1v) is 10.6. The highest BCUT2D eigenvalue weighted by Crippen LogP contribution is 2.29. The molecular formula is C22H15N5O2S. The number of sulfone groups is 1. The number of aromatic nitrogens is 5. The van der Waals surface area contributed by atoms with Gasteiger partial charge in [-0.05, 0) is 42.5 Å². The largest absolute Gasteiger partial charge is 0.255 e. The van der Waals surface area contributed by atoms with E-state index in [1.807, 2.05) is 42.5 Å². The molecule has 4 aromatic heterocycles. The zero-order valence-corrected chi connectivity index (χ0v) is 16.4. The summed E-state index contributed by atoms with van der Waals surface area (Å²) in [5, 5.41) is 4.34. The first-order chi connectivity index (χ1) is 14.6. The van der Waals surface area contributed by atoms with E-state index in [9.17, 15) is 8.42 Å². The number of hydrogen-bond donors (Lipinski definition) is 0. The van der Waals surface area contributed by atoms with Crippen LogP contribution in [0.1, 0.15) is 0 Å². The van der Waals surface area contributed by atoms with Crippen molar-refractivity contribution in [2.45, 2.75) is 9.79 Å². The van der Waals surface area contributed by atoms with Gasteiger partial charge in [0.1, 0.15) is 4.90 Å². The van der Waals surface area contributed by atoms with Gasteiger partial charge in [-0.2, -0.15) is 5.10 Å². The molecular weight excluding hydrogens is 398 g/mol. The van der Waals surface area contributed by atoms with E-state index in [1.165, 1.54) is 10.7 Å². The molecule has 0 amide bonds. The summed E-state index contributed by atoms with van der Waals surface area (Å²) in [6, 6.07) is 21.1. The van der Waals surface area contributed by atoms with E-state index < -0.39 is 9.84 Å². The van der Waals surface area contributed by atoms with Crippen LogP contribution >= 0.6 is 0 Å². The summed E-state index contributed by atoms with van der Waals surface area (Å²) in [4.78, 5) is 13.6. The third kappa shape index (κ3) is 3.03. The molecule has 30 heavy (non-hydrogen) atoms. The van der Waals surface area contributed by atoms with Crippen molar-refractivity contribution < 1.29 is 8.42 Å². The third-order valence-electron chi connectivity index (χ3n) is 4.64. The molecule has 0 aliphatic rings. The molecule has 0 unspecified atom stereocenters. The molecule has 0 aliphatic carbocycles. The second-order valence-electron chi connectivity index (χ2n) is 6.52. The van der Waals surface area contributed by atoms with E-state index in [1.54, 1.807) is 42.7 Å². The standard InChI is InChI=1S/C22H15N5O2S/c28-30(29,16-8-2-1-3-9-16)21-15-25-27-20(18-11-5-7-13-24-18)14-19(26-22(21)27)17-10-4-6-12-23-17/h1-15H. The molecule has 1 aromatic carbocycles. The zero-order valence-electron chi connectivity index (χ0n) is 15.6. The summed E-state index contributed by atoms with van der Waals surface area (Å²) in [5.74, 6) is 0. The van der Waals surface area contributed by atoms with Crippen molar-refractivity contribution in [3.05, 3.63) is 91.4 Å². The van der Waals surface area contributed by atoms with Gasteiger partial charge in [-0.1, -0.05) is 30.3 Å². The Morgan fingerprint density at radius 1 is 0.733 bits per heavy atom. The summed E-state index contributed by atoms with van der Waals surface area (Å²) in [7, 11) is -3.81. The lowest BCUT2D eigenvalue weighted by Crippen LogP contribution is -2.04. The lowest BCUT2D eigenvalue weighted by molar-refractivity contribution is 0.597. The van der Waals surface area contributed by atoms with Crippen LogP contribution in [0.2, 0.25) is 0 Å². The van der Waals surface area contributed by atoms with Gasteiger partial charge in [-0.25, -0.2) is 17.9 Å². The van der Waals surface area contributed by atoms with Crippen molar-refractivity contribution in [2.24, 2.45) is 0 Å². The van der Waals surface area contributed by atoms with Gasteiger partial charge in [-0.15, -0.1) is 0 Å². The van der Waals surface area contributed by atoms with E-state index in [0.717, 1.165) is 0 Å². The van der Waals surface area contributed by atoms with E-state index in [4.69, 9.17) is 0 Å². The van der Waals surface area contributed by atoms with Gasteiger partial charge in [0.2, 0.25) is 9.84 Å². The smallest absolute Gasteiger partial charge is 0.211 e. The van der Waals surface area contributed by atoms with Gasteiger partial charge in [0.25, 0.3) is 0 Å². The average Bonchev–Trinajstić information content (AvgIpc) is 3.25. The molecule has 0 saturated heterocycles. The van der Waals surface area contributed by atoms with Gasteiger partial charge in [0, 0.05) is 12.4 Å². The monoisotopic (exact) mass is 413 g/mol. The molecule has 4 heterocycles. The lowest BCUT2D eigenvalue weighted by atomic mass is 10.2. The maximum Gasteiger partial charge on any atom is 0.211 e. The van der Waals surface area contributed by atoms with Crippen LogP contribution < -0.4 is 0 Å². The highest BCUT2D eigenvalue weighted by Gasteiger charge is 2.25. The number of pyridine rings is 2. The molecule has 8 heteroatoms. The molecule has 0 bridgehead atoms. The number of nitrogens with zero attached hydrogens (tertiary/aromatic N) is 5. The van der Waals surface area contributed by atoms with Crippen molar-refractivity contribution in [1.29, 1.82) is 0 Å². The van der Waals surface area contributed by atoms with Gasteiger partial charge in [-0.3, -0.25) is 9.97 Å². The van der Waals surface area contributed by atoms with Crippen LogP contribution in [0.4, 0.5) is 0 Å². The minimum absolute atomic E-state index is 0.0312. The minimum atomic E-state index is -3.81. The third-order valence-corrected chi connectivity index (χ3v) is 6.40. The SMILES string of the molecule is O=S(=O)(c1ccccc1)c1cnn2c(-c3ccccn3)cc(-c3ccccn3)nc12. The van der Waals surface area contributed by atoms with E-state index in [0.29, 0.717) is 22.8 Å². The second kappa shape index (κ2) is 7.16. The van der Waals surface area contributed by atoms with Crippen LogP contribution in [0.3, 0.4) is 0 Å². The van der Waals surface area contributed by atoms with Gasteiger partial charge in [0.05, 0.1) is 33.9 Å². The Kier molecular flexibility index (Phi) is 4.33. The molecule has 146 valence electrons. The van der Waals surface area contributed by atoms with Crippen molar-refractivity contribution in [1.82, 2.24) is 24.6 Å². The van der Waals surface area contributed by atoms with Crippen molar-refractivity contribution in [2.75, 3.05) is 0 Å². The fourth-order valence-corrected chi connectivity index (χ4v) is 4.53. The van der Waals surface area contributed by atoms with Crippen LogP contribution in [-0.2, 0) is 9.84 Å². The summed E-state index contributed by atoms with van der Waals surface area (Å²) >= 11 is 0. The molecule has 0 aliphatic heterocycles. The van der Waals surface area contributed by atoms with Crippen LogP contribution in [0, 0.1) is 0 Å². The molecule has 5 rings (SSSR count). The van der Waals surface area contributed by atoms with Gasteiger partial charge < -0.3 is 0 Å². The van der Waals surface area contributed by atoms with E-state index in [2.05, 4.69) is 20.1 Å². The molecule has 0 radical (unpaired) electrons. The number of rotatable bonds is 4. The quantitative estimate of drug-likeness (QED) is 0.446. The van der Waals surface area contributed by atoms with Gasteiger partial charge in [0.15, 0.2) is 5.65 Å². The Morgan fingerprint density at radius 2 is 1.40 bits per heavy atom. The molecule has 0 atom stereocenters. The Morgan fingerprint density at radius 3 is 2.07 bits per heavy atom. The molecule has 0 fully saturated rings. The second-order valence-corrected chi connectivity index (χ2v) is 8.44. The Balaban J connectivity index is 1.82. The maximum atomic E-state index is 13.3. The Hall–Kier alpha value is -3.91. The Bertz CT molecular complexity index is 1430. The topological polar surface area (TPSA) is 90.1 Å². The summed E-state index contributed by atoms with van der Waals surface area (Å²) in [6.07, 6.45) is 4.67. The van der Waals surface area contributed by atoms with Crippen molar-refractivity contribution >= 4 is 15.5 Å². The molecule has 0 N–H and O–H groups in total. The Labute approximate surface area is 172 Å². The van der Waals surface area contributed by atoms with Crippen LogP contribution in [0.25, 0.3) is 28.4 Å². The van der Waals surface area contributed by atoms with E-state index >= 15 is 0 Å². The van der Waals surface area contributed by atoms with Crippen molar-refractivity contribution in [3.63, 3.8) is 0 Å². The maximum absolute atomic E-state index is 13.3. The summed E-state index contributed by atoms with van der Waals surface area (Å²) in [5.41, 5.74) is 2.66. The van der Waals surface area contributed by atoms with E-state index in [-0.39, 0.29) is 15.4 Å². The highest BCUT2D eigenvalue weighted by molar-refractivity contribution is 7.91. The predicted octanol–water partition coefficient (Wildman–Crippen LogP) is 3.69. The van der Waals surface area contributed by atoms with Crippen LogP contribution in [-0.4, -0.2) is 33.0 Å².